The molecule has 4 saturated carbocycles. The predicted molar refractivity (Wildman–Crippen MR) is 242 cm³/mol. The third-order valence-corrected chi connectivity index (χ3v) is 18.4. The number of unbranched alkanes of at least 4 members (excludes halogenated alkanes) is 20. The molecule has 0 amide bonds. The van der Waals surface area contributed by atoms with Crippen molar-refractivity contribution < 1.29 is 9.53 Å². The summed E-state index contributed by atoms with van der Waals surface area (Å²) >= 11 is 0. The Morgan fingerprint density at radius 1 is 0.554 bits per heavy atom. The Morgan fingerprint density at radius 2 is 1.02 bits per heavy atom. The summed E-state index contributed by atoms with van der Waals surface area (Å²) in [6, 6.07) is 0. The molecule has 0 radical (unpaired) electrons. The lowest BCUT2D eigenvalue weighted by Gasteiger charge is -2.70. The van der Waals surface area contributed by atoms with Crippen LogP contribution in [0.15, 0.2) is 11.6 Å². The summed E-state index contributed by atoms with van der Waals surface area (Å²) in [5, 5.41) is 0. The van der Waals surface area contributed by atoms with Crippen LogP contribution in [0.1, 0.15) is 268 Å². The number of fused-ring (bicyclic) bond motifs is 7. The van der Waals surface area contributed by atoms with E-state index >= 15 is 0 Å². The van der Waals surface area contributed by atoms with Crippen molar-refractivity contribution in [2.24, 2.45) is 50.2 Å². The zero-order chi connectivity index (χ0) is 40.5. The summed E-state index contributed by atoms with van der Waals surface area (Å²) in [5.41, 5.74) is 3.84. The van der Waals surface area contributed by atoms with Gasteiger partial charge in [0, 0.05) is 11.8 Å². The van der Waals surface area contributed by atoms with Crippen LogP contribution in [0.5, 0.6) is 0 Å². The molecule has 5 aliphatic carbocycles. The molecule has 0 aromatic rings. The lowest BCUT2D eigenvalue weighted by Crippen LogP contribution is -2.63. The van der Waals surface area contributed by atoms with Crippen molar-refractivity contribution in [1.82, 2.24) is 0 Å². The van der Waals surface area contributed by atoms with Gasteiger partial charge in [-0.25, -0.2) is 0 Å². The smallest absolute Gasteiger partial charge is 0.306 e. The Balaban J connectivity index is 0.949. The van der Waals surface area contributed by atoms with Crippen LogP contribution in [0.4, 0.5) is 0 Å². The van der Waals surface area contributed by atoms with E-state index in [1.165, 1.54) is 186 Å². The van der Waals surface area contributed by atoms with Crippen molar-refractivity contribution in [3.63, 3.8) is 0 Å². The molecule has 0 aromatic carbocycles. The lowest BCUT2D eigenvalue weighted by atomic mass is 9.34. The van der Waals surface area contributed by atoms with Gasteiger partial charge >= 0.3 is 5.97 Å². The Kier molecular flexibility index (Phi) is 16.7. The van der Waals surface area contributed by atoms with Crippen molar-refractivity contribution >= 4 is 5.97 Å². The fourth-order valence-corrected chi connectivity index (χ4v) is 15.0. The second-order valence-corrected chi connectivity index (χ2v) is 23.6. The van der Waals surface area contributed by atoms with Crippen LogP contribution in [0, 0.1) is 50.2 Å². The minimum atomic E-state index is 0.0323. The lowest BCUT2D eigenvalue weighted by molar-refractivity contribution is -0.200. The van der Waals surface area contributed by atoms with Crippen LogP contribution in [0.25, 0.3) is 0 Å². The first kappa shape index (κ1) is 46.3. The minimum absolute atomic E-state index is 0.0323. The maximum atomic E-state index is 13.3. The van der Waals surface area contributed by atoms with Crippen molar-refractivity contribution in [2.45, 2.75) is 274 Å². The molecule has 4 fully saturated rings. The summed E-state index contributed by atoms with van der Waals surface area (Å²) in [4.78, 5) is 13.3. The predicted octanol–water partition coefficient (Wildman–Crippen LogP) is 17.3. The second-order valence-electron chi connectivity index (χ2n) is 23.6. The van der Waals surface area contributed by atoms with Gasteiger partial charge in [-0.1, -0.05) is 202 Å². The molecule has 0 aromatic heterocycles. The molecule has 8 atom stereocenters. The van der Waals surface area contributed by atoms with Crippen LogP contribution < -0.4 is 0 Å². The summed E-state index contributed by atoms with van der Waals surface area (Å²) in [6.07, 6.45) is 45.8. The van der Waals surface area contributed by atoms with Crippen molar-refractivity contribution in [3.05, 3.63) is 11.6 Å². The highest BCUT2D eigenvalue weighted by Gasteiger charge is 2.67. The minimum Gasteiger partial charge on any atom is -0.462 e. The standard InChI is InChI=1S/C54H96O2/c1-10-11-12-13-14-15-16-17-18-19-20-21-22-23-24-25-26-27-28-29-30-31-48(55)56-47-35-39-52(7)43(50(47,4)5)33-37-53(8)44-32-36-51(6)41-40-49(2,3)42-46(51)54(44,9)38-34-45(52)53/h32,43,45-47H,10-31,33-42H2,1-9H3. The molecule has 324 valence electrons. The van der Waals surface area contributed by atoms with E-state index < -0.39 is 0 Å². The molecular weight excluding hydrogens is 681 g/mol. The topological polar surface area (TPSA) is 26.3 Å². The Morgan fingerprint density at radius 3 is 1.54 bits per heavy atom. The van der Waals surface area contributed by atoms with E-state index in [1.54, 1.807) is 0 Å². The molecule has 0 spiro atoms. The van der Waals surface area contributed by atoms with E-state index in [0.717, 1.165) is 24.7 Å². The zero-order valence-corrected chi connectivity index (χ0v) is 39.3. The van der Waals surface area contributed by atoms with Crippen LogP contribution in [0.3, 0.4) is 0 Å². The first-order chi connectivity index (χ1) is 26.6. The fraction of sp³-hybridized carbons (Fsp3) is 0.944. The highest BCUT2D eigenvalue weighted by molar-refractivity contribution is 5.69. The highest BCUT2D eigenvalue weighted by Crippen LogP contribution is 2.75. The quantitative estimate of drug-likeness (QED) is 0.0587. The van der Waals surface area contributed by atoms with Crippen molar-refractivity contribution in [2.75, 3.05) is 0 Å². The van der Waals surface area contributed by atoms with Gasteiger partial charge in [0.1, 0.15) is 6.10 Å². The summed E-state index contributed by atoms with van der Waals surface area (Å²) < 4.78 is 6.45. The molecule has 8 unspecified atom stereocenters. The van der Waals surface area contributed by atoms with E-state index in [2.05, 4.69) is 68.4 Å². The Hall–Kier alpha value is -0.790. The monoisotopic (exact) mass is 777 g/mol. The van der Waals surface area contributed by atoms with Gasteiger partial charge in [-0.3, -0.25) is 4.79 Å². The molecular formula is C54H96O2. The van der Waals surface area contributed by atoms with Gasteiger partial charge in [0.2, 0.25) is 0 Å². The normalized spacial score (nSPS) is 35.8. The first-order valence-electron chi connectivity index (χ1n) is 25.5. The van der Waals surface area contributed by atoms with Gasteiger partial charge in [-0.2, -0.15) is 0 Å². The largest absolute Gasteiger partial charge is 0.462 e. The average Bonchev–Trinajstić information content (AvgIpc) is 3.14. The molecule has 0 saturated heterocycles. The van der Waals surface area contributed by atoms with Gasteiger partial charge in [0.05, 0.1) is 0 Å². The van der Waals surface area contributed by atoms with Crippen LogP contribution in [-0.2, 0) is 9.53 Å². The molecule has 0 N–H and O–H groups in total. The number of hydrogen-bond acceptors (Lipinski definition) is 2. The van der Waals surface area contributed by atoms with Crippen molar-refractivity contribution in [3.8, 4) is 0 Å². The van der Waals surface area contributed by atoms with Gasteiger partial charge in [-0.05, 0) is 115 Å². The van der Waals surface area contributed by atoms with Gasteiger partial charge < -0.3 is 4.74 Å². The molecule has 2 nitrogen and oxygen atoms in total. The van der Waals surface area contributed by atoms with E-state index in [0.29, 0.717) is 39.4 Å². The highest BCUT2D eigenvalue weighted by atomic mass is 16.5. The third kappa shape index (κ3) is 10.7. The van der Waals surface area contributed by atoms with Gasteiger partial charge in [0.15, 0.2) is 0 Å². The van der Waals surface area contributed by atoms with E-state index in [-0.39, 0.29) is 17.5 Å². The number of carbonyl (C=O) groups is 1. The summed E-state index contributed by atoms with van der Waals surface area (Å²) in [5.74, 6) is 2.25. The number of ether oxygens (including phenoxy) is 1. The molecule has 0 heterocycles. The van der Waals surface area contributed by atoms with Crippen LogP contribution in [0.2, 0.25) is 0 Å². The maximum Gasteiger partial charge on any atom is 0.306 e. The second kappa shape index (κ2) is 20.2. The molecule has 56 heavy (non-hydrogen) atoms. The third-order valence-electron chi connectivity index (χ3n) is 18.4. The molecule has 0 bridgehead atoms. The summed E-state index contributed by atoms with van der Waals surface area (Å²) in [7, 11) is 0. The number of carbonyl (C=O) groups excluding carboxylic acids is 1. The Bertz CT molecular complexity index is 1240. The maximum absolute atomic E-state index is 13.3. The van der Waals surface area contributed by atoms with E-state index in [4.69, 9.17) is 4.74 Å². The SMILES string of the molecule is CCCCCCCCCCCCCCCCCCCCCCCC(=O)OC1CCC2(C)C3CCC4(C)C(=CCC5(C)CCC(C)(C)CC54)C3(C)CCC2C1(C)C. The van der Waals surface area contributed by atoms with Crippen LogP contribution >= 0.6 is 0 Å². The number of allylic oxidation sites excluding steroid dienone is 2. The molecule has 2 heteroatoms. The number of esters is 1. The average molecular weight is 777 g/mol. The number of rotatable bonds is 23. The van der Waals surface area contributed by atoms with Crippen molar-refractivity contribution in [1.29, 1.82) is 0 Å². The van der Waals surface area contributed by atoms with Gasteiger partial charge in [0.25, 0.3) is 0 Å². The van der Waals surface area contributed by atoms with E-state index in [1.807, 2.05) is 5.57 Å². The first-order valence-corrected chi connectivity index (χ1v) is 25.5. The molecule has 5 rings (SSSR count). The Labute approximate surface area is 350 Å². The summed E-state index contributed by atoms with van der Waals surface area (Å²) in [6.45, 7) is 23.1. The van der Waals surface area contributed by atoms with E-state index in [9.17, 15) is 4.79 Å². The number of hydrogen-bond donors (Lipinski definition) is 0. The van der Waals surface area contributed by atoms with Gasteiger partial charge in [-0.15, -0.1) is 0 Å². The molecule has 0 aliphatic heterocycles. The molecule has 5 aliphatic rings. The zero-order valence-electron chi connectivity index (χ0n) is 39.3. The van der Waals surface area contributed by atoms with Crippen LogP contribution in [-0.4, -0.2) is 12.1 Å². The fourth-order valence-electron chi connectivity index (χ4n) is 15.0.